The van der Waals surface area contributed by atoms with Gasteiger partial charge in [0, 0.05) is 24.4 Å². The minimum absolute atomic E-state index is 0.0655. The summed E-state index contributed by atoms with van der Waals surface area (Å²) in [6, 6.07) is 17.9. The summed E-state index contributed by atoms with van der Waals surface area (Å²) >= 11 is 0. The average Bonchev–Trinajstić information content (AvgIpc) is 3.18. The fraction of sp³-hybridized carbons (Fsp3) is 0.192. The molecule has 0 saturated heterocycles. The van der Waals surface area contributed by atoms with E-state index in [9.17, 15) is 4.79 Å². The Labute approximate surface area is 182 Å². The van der Waals surface area contributed by atoms with Crippen molar-refractivity contribution in [2.24, 2.45) is 0 Å². The first-order chi connectivity index (χ1) is 15.0. The van der Waals surface area contributed by atoms with Crippen LogP contribution in [-0.2, 0) is 4.79 Å². The van der Waals surface area contributed by atoms with Gasteiger partial charge in [-0.3, -0.25) is 9.78 Å². The zero-order chi connectivity index (χ0) is 22.0. The van der Waals surface area contributed by atoms with Crippen LogP contribution in [0.25, 0.3) is 22.4 Å². The zero-order valence-electron chi connectivity index (χ0n) is 18.2. The van der Waals surface area contributed by atoms with Crippen molar-refractivity contribution < 1.29 is 9.32 Å². The monoisotopic (exact) mass is 411 g/mol. The molecule has 5 nitrogen and oxygen atoms in total. The number of benzene rings is 2. The minimum atomic E-state index is -0.0655. The molecule has 0 saturated carbocycles. The van der Waals surface area contributed by atoms with Crippen molar-refractivity contribution in [2.45, 2.75) is 34.1 Å². The van der Waals surface area contributed by atoms with Crippen LogP contribution >= 0.6 is 0 Å². The van der Waals surface area contributed by atoms with Crippen LogP contribution < -0.4 is 4.90 Å². The van der Waals surface area contributed by atoms with Gasteiger partial charge in [0.1, 0.15) is 5.69 Å². The van der Waals surface area contributed by atoms with Crippen molar-refractivity contribution in [1.29, 1.82) is 0 Å². The highest BCUT2D eigenvalue weighted by molar-refractivity contribution is 6.04. The normalized spacial score (nSPS) is 10.8. The average molecular weight is 412 g/mol. The second-order valence-corrected chi connectivity index (χ2v) is 7.69. The van der Waals surface area contributed by atoms with E-state index in [1.54, 1.807) is 17.3 Å². The highest BCUT2D eigenvalue weighted by Gasteiger charge is 2.29. The van der Waals surface area contributed by atoms with E-state index in [4.69, 9.17) is 4.52 Å². The van der Waals surface area contributed by atoms with Gasteiger partial charge in [-0.1, -0.05) is 48.0 Å². The lowest BCUT2D eigenvalue weighted by Gasteiger charge is -2.21. The number of hydrogen-bond acceptors (Lipinski definition) is 4. The van der Waals surface area contributed by atoms with E-state index in [0.717, 1.165) is 33.5 Å². The highest BCUT2D eigenvalue weighted by Crippen LogP contribution is 2.43. The molecule has 2 aromatic heterocycles. The second kappa shape index (κ2) is 8.56. The Morgan fingerprint density at radius 1 is 0.968 bits per heavy atom. The molecule has 2 heterocycles. The summed E-state index contributed by atoms with van der Waals surface area (Å²) in [4.78, 5) is 18.9. The van der Waals surface area contributed by atoms with Gasteiger partial charge >= 0.3 is 0 Å². The molecule has 31 heavy (non-hydrogen) atoms. The first kappa shape index (κ1) is 20.5. The number of pyridine rings is 1. The Morgan fingerprint density at radius 3 is 2.39 bits per heavy atom. The number of rotatable bonds is 5. The molecule has 0 bridgehead atoms. The van der Waals surface area contributed by atoms with Crippen molar-refractivity contribution in [1.82, 2.24) is 10.1 Å². The summed E-state index contributed by atoms with van der Waals surface area (Å²) < 4.78 is 5.90. The van der Waals surface area contributed by atoms with E-state index in [2.05, 4.69) is 42.2 Å². The number of carbonyl (C=O) groups excluding carboxylic acids is 1. The number of aryl methyl sites for hydroxylation is 3. The molecule has 0 N–H and O–H groups in total. The summed E-state index contributed by atoms with van der Waals surface area (Å²) in [6.45, 7) is 7.97. The second-order valence-electron chi connectivity index (χ2n) is 7.69. The molecule has 2 aromatic carbocycles. The molecule has 5 heteroatoms. The first-order valence-corrected chi connectivity index (χ1v) is 10.4. The van der Waals surface area contributed by atoms with Crippen LogP contribution in [0.15, 0.2) is 71.5 Å². The number of aromatic nitrogens is 2. The number of anilines is 2. The Hall–Kier alpha value is -3.73. The van der Waals surface area contributed by atoms with E-state index in [1.165, 1.54) is 5.56 Å². The molecule has 0 unspecified atom stereocenters. The first-order valence-electron chi connectivity index (χ1n) is 10.4. The Morgan fingerprint density at radius 2 is 1.71 bits per heavy atom. The molecule has 156 valence electrons. The van der Waals surface area contributed by atoms with E-state index < -0.39 is 0 Å². The van der Waals surface area contributed by atoms with Crippen molar-refractivity contribution in [2.75, 3.05) is 4.90 Å². The molecule has 0 spiro atoms. The van der Waals surface area contributed by atoms with Gasteiger partial charge in [0.15, 0.2) is 0 Å². The molecular formula is C26H25N3O2. The van der Waals surface area contributed by atoms with Gasteiger partial charge in [-0.25, -0.2) is 4.90 Å². The maximum Gasteiger partial charge on any atom is 0.247 e. The fourth-order valence-corrected chi connectivity index (χ4v) is 3.78. The number of hydrogen-bond donors (Lipinski definition) is 0. The van der Waals surface area contributed by atoms with Crippen molar-refractivity contribution in [3.63, 3.8) is 0 Å². The van der Waals surface area contributed by atoms with Gasteiger partial charge in [-0.2, -0.15) is 0 Å². The Balaban J connectivity index is 1.99. The van der Waals surface area contributed by atoms with Gasteiger partial charge in [-0.15, -0.1) is 0 Å². The van der Waals surface area contributed by atoms with Crippen LogP contribution in [0.4, 0.5) is 11.6 Å². The topological polar surface area (TPSA) is 59.2 Å². The molecule has 0 aliphatic rings. The molecule has 4 rings (SSSR count). The van der Waals surface area contributed by atoms with Crippen LogP contribution in [-0.4, -0.2) is 16.0 Å². The molecule has 0 atom stereocenters. The van der Waals surface area contributed by atoms with Gasteiger partial charge in [0.05, 0.1) is 11.3 Å². The van der Waals surface area contributed by atoms with Gasteiger partial charge < -0.3 is 4.52 Å². The molecule has 0 radical (unpaired) electrons. The molecule has 0 aliphatic carbocycles. The lowest BCUT2D eigenvalue weighted by molar-refractivity contribution is -0.117. The van der Waals surface area contributed by atoms with Crippen molar-refractivity contribution in [3.05, 3.63) is 83.7 Å². The SMILES string of the molecule is CCC(=O)N(c1cccc(C)c1)c1onc(-c2ccc(C)cc2C)c1-c1ccncc1. The number of nitrogens with zero attached hydrogens (tertiary/aromatic N) is 3. The van der Waals surface area contributed by atoms with Crippen molar-refractivity contribution in [3.8, 4) is 22.4 Å². The molecule has 1 amide bonds. The molecule has 0 aliphatic heterocycles. The quantitative estimate of drug-likeness (QED) is 0.381. The number of carbonyl (C=O) groups is 1. The molecule has 4 aromatic rings. The highest BCUT2D eigenvalue weighted by atomic mass is 16.5. The van der Waals surface area contributed by atoms with Crippen LogP contribution in [0.3, 0.4) is 0 Å². The summed E-state index contributed by atoms with van der Waals surface area (Å²) in [7, 11) is 0. The van der Waals surface area contributed by atoms with E-state index in [-0.39, 0.29) is 5.91 Å². The predicted molar refractivity (Wildman–Crippen MR) is 123 cm³/mol. The van der Waals surface area contributed by atoms with E-state index >= 15 is 0 Å². The van der Waals surface area contributed by atoms with Crippen LogP contribution in [0.1, 0.15) is 30.0 Å². The standard InChI is InChI=1S/C26H25N3O2/c1-5-23(30)29(21-8-6-7-17(2)16-21)26-24(20-11-13-27-14-12-20)25(28-31-26)22-10-9-18(3)15-19(22)4/h6-16H,5H2,1-4H3. The smallest absolute Gasteiger partial charge is 0.247 e. The van der Waals surface area contributed by atoms with Crippen molar-refractivity contribution >= 4 is 17.5 Å². The largest absolute Gasteiger partial charge is 0.337 e. The molecule has 0 fully saturated rings. The van der Waals surface area contributed by atoms with E-state index in [1.807, 2.05) is 50.2 Å². The maximum absolute atomic E-state index is 13.1. The third-order valence-electron chi connectivity index (χ3n) is 5.29. The van der Waals surface area contributed by atoms with Crippen LogP contribution in [0.2, 0.25) is 0 Å². The maximum atomic E-state index is 13.1. The summed E-state index contributed by atoms with van der Waals surface area (Å²) in [6.07, 6.45) is 3.80. The van der Waals surface area contributed by atoms with Gasteiger partial charge in [0.2, 0.25) is 11.8 Å². The lowest BCUT2D eigenvalue weighted by Crippen LogP contribution is -2.25. The minimum Gasteiger partial charge on any atom is -0.337 e. The third-order valence-corrected chi connectivity index (χ3v) is 5.29. The Kier molecular flexibility index (Phi) is 5.67. The summed E-state index contributed by atoms with van der Waals surface area (Å²) in [5.41, 5.74) is 7.44. The van der Waals surface area contributed by atoms with Crippen LogP contribution in [0.5, 0.6) is 0 Å². The van der Waals surface area contributed by atoms with E-state index in [0.29, 0.717) is 18.0 Å². The summed E-state index contributed by atoms with van der Waals surface area (Å²) in [5, 5.41) is 4.45. The fourth-order valence-electron chi connectivity index (χ4n) is 3.78. The van der Waals surface area contributed by atoms with Gasteiger partial charge in [-0.05, 0) is 61.7 Å². The third kappa shape index (κ3) is 3.99. The summed E-state index contributed by atoms with van der Waals surface area (Å²) in [5.74, 6) is 0.350. The molecular weight excluding hydrogens is 386 g/mol. The van der Waals surface area contributed by atoms with Crippen LogP contribution in [0, 0.1) is 20.8 Å². The predicted octanol–water partition coefficient (Wildman–Crippen LogP) is 6.40. The van der Waals surface area contributed by atoms with Gasteiger partial charge in [0.25, 0.3) is 0 Å². The number of amides is 1. The zero-order valence-corrected chi connectivity index (χ0v) is 18.2. The Bertz CT molecular complexity index is 1230. The lowest BCUT2D eigenvalue weighted by atomic mass is 9.97.